The van der Waals surface area contributed by atoms with Crippen molar-refractivity contribution in [1.82, 2.24) is 0 Å². The van der Waals surface area contributed by atoms with E-state index in [1.54, 1.807) is 12.1 Å². The second-order valence-corrected chi connectivity index (χ2v) is 8.14. The Morgan fingerprint density at radius 2 is 2.26 bits per heavy atom. The fourth-order valence-electron chi connectivity index (χ4n) is 3.13. The lowest BCUT2D eigenvalue weighted by Gasteiger charge is -2.06. The Bertz CT molecular complexity index is 681. The lowest BCUT2D eigenvalue weighted by molar-refractivity contribution is -0.147. The van der Waals surface area contributed by atoms with Gasteiger partial charge in [-0.1, -0.05) is 55.4 Å². The fraction of sp³-hybridized carbons (Fsp3) is 0.444. The first-order valence-corrected chi connectivity index (χ1v) is 9.05. The quantitative estimate of drug-likeness (QED) is 0.601. The van der Waals surface area contributed by atoms with Crippen LogP contribution in [0.5, 0.6) is 0 Å². The minimum Gasteiger partial charge on any atom is -0.461 e. The summed E-state index contributed by atoms with van der Waals surface area (Å²) in [6, 6.07) is 7.30. The van der Waals surface area contributed by atoms with Crippen molar-refractivity contribution in [2.45, 2.75) is 26.9 Å². The van der Waals surface area contributed by atoms with Crippen molar-refractivity contribution in [2.75, 3.05) is 5.75 Å². The van der Waals surface area contributed by atoms with Gasteiger partial charge < -0.3 is 4.74 Å². The average Bonchev–Trinajstić information content (AvgIpc) is 2.81. The molecule has 3 nitrogen and oxygen atoms in total. The van der Waals surface area contributed by atoms with Crippen molar-refractivity contribution in [2.24, 2.45) is 17.3 Å². The Morgan fingerprint density at radius 3 is 2.91 bits per heavy atom. The van der Waals surface area contributed by atoms with Crippen LogP contribution in [0.3, 0.4) is 0 Å². The van der Waals surface area contributed by atoms with Gasteiger partial charge in [0, 0.05) is 16.3 Å². The molecule has 0 bridgehead atoms. The molecule has 5 heteroatoms. The minimum absolute atomic E-state index is 0.0898. The van der Waals surface area contributed by atoms with Crippen LogP contribution in [0, 0.1) is 17.3 Å². The van der Waals surface area contributed by atoms with Crippen molar-refractivity contribution < 1.29 is 14.3 Å². The molecule has 0 unspecified atom stereocenters. The van der Waals surface area contributed by atoms with E-state index in [1.807, 2.05) is 32.1 Å². The van der Waals surface area contributed by atoms with Gasteiger partial charge in [-0.15, -0.1) is 0 Å². The summed E-state index contributed by atoms with van der Waals surface area (Å²) in [7, 11) is 0. The molecule has 0 spiro atoms. The van der Waals surface area contributed by atoms with E-state index >= 15 is 0 Å². The molecule has 0 radical (unpaired) electrons. The van der Waals surface area contributed by atoms with Crippen LogP contribution in [-0.2, 0) is 20.9 Å². The van der Waals surface area contributed by atoms with E-state index in [4.69, 9.17) is 16.3 Å². The van der Waals surface area contributed by atoms with Crippen LogP contribution >= 0.6 is 23.4 Å². The van der Waals surface area contributed by atoms with Gasteiger partial charge in [-0.2, -0.15) is 0 Å². The zero-order valence-electron chi connectivity index (χ0n) is 13.2. The van der Waals surface area contributed by atoms with E-state index in [0.717, 1.165) is 23.3 Å². The first-order valence-electron chi connectivity index (χ1n) is 7.68. The second kappa shape index (κ2) is 6.33. The van der Waals surface area contributed by atoms with Gasteiger partial charge in [-0.05, 0) is 35.4 Å². The SMILES string of the molecule is CC1(C)[C@H](C(=O)OCc2cccc(Cl)c2)[C@@H]1/C=C1\CCSC1=O. The fourth-order valence-corrected chi connectivity index (χ4v) is 4.20. The lowest BCUT2D eigenvalue weighted by Crippen LogP contribution is -2.10. The summed E-state index contributed by atoms with van der Waals surface area (Å²) < 4.78 is 5.45. The number of rotatable bonds is 4. The Kier molecular flexibility index (Phi) is 4.56. The molecule has 1 saturated carbocycles. The summed E-state index contributed by atoms with van der Waals surface area (Å²) in [5, 5.41) is 0.781. The molecule has 23 heavy (non-hydrogen) atoms. The standard InChI is InChI=1S/C18H19ClO3S/c1-18(2)14(9-12-6-7-23-17(12)21)15(18)16(20)22-10-11-4-3-5-13(19)8-11/h3-5,8-9,14-15H,6-7,10H2,1-2H3/b12-9+/t14-,15-/m0/s1. The highest BCUT2D eigenvalue weighted by molar-refractivity contribution is 8.14. The molecule has 122 valence electrons. The van der Waals surface area contributed by atoms with Crippen LogP contribution in [0.4, 0.5) is 0 Å². The van der Waals surface area contributed by atoms with Gasteiger partial charge in [0.15, 0.2) is 0 Å². The molecule has 2 atom stereocenters. The Hall–Kier alpha value is -1.26. The number of esters is 1. The van der Waals surface area contributed by atoms with Gasteiger partial charge in [0.2, 0.25) is 5.12 Å². The maximum Gasteiger partial charge on any atom is 0.310 e. The molecule has 3 rings (SSSR count). The summed E-state index contributed by atoms with van der Waals surface area (Å²) in [4.78, 5) is 24.1. The van der Waals surface area contributed by atoms with E-state index in [2.05, 4.69) is 0 Å². The van der Waals surface area contributed by atoms with Crippen LogP contribution < -0.4 is 0 Å². The third kappa shape index (κ3) is 3.48. The van der Waals surface area contributed by atoms with Gasteiger partial charge in [-0.3, -0.25) is 9.59 Å². The van der Waals surface area contributed by atoms with Crippen LogP contribution in [-0.4, -0.2) is 16.8 Å². The molecule has 1 aliphatic heterocycles. The lowest BCUT2D eigenvalue weighted by atomic mass is 10.1. The van der Waals surface area contributed by atoms with Gasteiger partial charge in [-0.25, -0.2) is 0 Å². The number of ether oxygens (including phenoxy) is 1. The Labute approximate surface area is 145 Å². The number of carbonyl (C=O) groups excluding carboxylic acids is 2. The molecule has 1 saturated heterocycles. The van der Waals surface area contributed by atoms with Crippen LogP contribution in [0.15, 0.2) is 35.9 Å². The third-order valence-corrected chi connectivity index (χ3v) is 5.85. The van der Waals surface area contributed by atoms with Crippen molar-refractivity contribution in [3.05, 3.63) is 46.5 Å². The van der Waals surface area contributed by atoms with Gasteiger partial charge in [0.05, 0.1) is 5.92 Å². The third-order valence-electron chi connectivity index (χ3n) is 4.68. The van der Waals surface area contributed by atoms with E-state index in [9.17, 15) is 9.59 Å². The molecule has 2 fully saturated rings. The van der Waals surface area contributed by atoms with E-state index in [0.29, 0.717) is 5.02 Å². The smallest absolute Gasteiger partial charge is 0.310 e. The number of carbonyl (C=O) groups is 2. The average molecular weight is 351 g/mol. The first kappa shape index (κ1) is 16.6. The molecule has 0 aromatic heterocycles. The van der Waals surface area contributed by atoms with E-state index < -0.39 is 0 Å². The molecule has 0 N–H and O–H groups in total. The number of allylic oxidation sites excluding steroid dienone is 1. The Morgan fingerprint density at radius 1 is 1.48 bits per heavy atom. The van der Waals surface area contributed by atoms with Crippen LogP contribution in [0.1, 0.15) is 25.8 Å². The minimum atomic E-state index is -0.199. The van der Waals surface area contributed by atoms with Gasteiger partial charge >= 0.3 is 5.97 Å². The number of thioether (sulfide) groups is 1. The van der Waals surface area contributed by atoms with Crippen LogP contribution in [0.25, 0.3) is 0 Å². The molecular formula is C18H19ClO3S. The van der Waals surface area contributed by atoms with Crippen molar-refractivity contribution in [3.63, 3.8) is 0 Å². The number of halogens is 1. The summed E-state index contributed by atoms with van der Waals surface area (Å²) in [5.74, 6) is 0.566. The molecular weight excluding hydrogens is 332 g/mol. The zero-order valence-corrected chi connectivity index (χ0v) is 14.7. The highest BCUT2D eigenvalue weighted by Gasteiger charge is 2.61. The highest BCUT2D eigenvalue weighted by atomic mass is 35.5. The van der Waals surface area contributed by atoms with Crippen molar-refractivity contribution in [3.8, 4) is 0 Å². The van der Waals surface area contributed by atoms with Gasteiger partial charge in [0.1, 0.15) is 6.61 Å². The molecule has 0 amide bonds. The molecule has 2 aliphatic rings. The monoisotopic (exact) mass is 350 g/mol. The zero-order chi connectivity index (χ0) is 16.6. The predicted octanol–water partition coefficient (Wildman–Crippen LogP) is 4.25. The first-order chi connectivity index (χ1) is 10.9. The molecule has 1 aliphatic carbocycles. The van der Waals surface area contributed by atoms with Crippen LogP contribution in [0.2, 0.25) is 5.02 Å². The Balaban J connectivity index is 1.62. The highest BCUT2D eigenvalue weighted by Crippen LogP contribution is 2.60. The number of hydrogen-bond donors (Lipinski definition) is 0. The van der Waals surface area contributed by atoms with E-state index in [1.165, 1.54) is 11.8 Å². The summed E-state index contributed by atoms with van der Waals surface area (Å²) in [6.45, 7) is 4.32. The maximum absolute atomic E-state index is 12.4. The van der Waals surface area contributed by atoms with Gasteiger partial charge in [0.25, 0.3) is 0 Å². The van der Waals surface area contributed by atoms with Crippen molar-refractivity contribution in [1.29, 1.82) is 0 Å². The summed E-state index contributed by atoms with van der Waals surface area (Å²) >= 11 is 7.29. The summed E-state index contributed by atoms with van der Waals surface area (Å²) in [5.41, 5.74) is 1.59. The molecule has 1 aromatic carbocycles. The molecule has 1 aromatic rings. The summed E-state index contributed by atoms with van der Waals surface area (Å²) in [6.07, 6.45) is 2.80. The second-order valence-electron chi connectivity index (χ2n) is 6.64. The molecule has 1 heterocycles. The maximum atomic E-state index is 12.4. The van der Waals surface area contributed by atoms with Crippen molar-refractivity contribution >= 4 is 34.4 Å². The predicted molar refractivity (Wildman–Crippen MR) is 92.2 cm³/mol. The largest absolute Gasteiger partial charge is 0.461 e. The number of benzene rings is 1. The van der Waals surface area contributed by atoms with E-state index in [-0.39, 0.29) is 34.9 Å². The number of hydrogen-bond acceptors (Lipinski definition) is 4. The normalized spacial score (nSPS) is 27.3. The topological polar surface area (TPSA) is 43.4 Å².